The minimum absolute atomic E-state index is 0.617. The van der Waals surface area contributed by atoms with Gasteiger partial charge in [-0.05, 0) is 0 Å². The summed E-state index contributed by atoms with van der Waals surface area (Å²) >= 11 is 6.17. The highest BCUT2D eigenvalue weighted by molar-refractivity contribution is 6.27. The van der Waals surface area contributed by atoms with Gasteiger partial charge in [0.05, 0.1) is 12.8 Å². The van der Waals surface area contributed by atoms with Crippen molar-refractivity contribution in [3.63, 3.8) is 0 Å². The molecule has 7 nitrogen and oxygen atoms in total. The molecule has 22 heavy (non-hydrogen) atoms. The van der Waals surface area contributed by atoms with E-state index in [0.717, 1.165) is 0 Å². The fraction of sp³-hybridized carbons (Fsp3) is 0.500. The lowest BCUT2D eigenvalue weighted by atomic mass is 9.99. The molecule has 1 aromatic heterocycles. The maximum absolute atomic E-state index is 13.5. The molecule has 1 saturated heterocycles. The van der Waals surface area contributed by atoms with Crippen LogP contribution in [0.4, 0.5) is 14.6 Å². The van der Waals surface area contributed by atoms with Crippen LogP contribution in [0.1, 0.15) is 6.23 Å². The van der Waals surface area contributed by atoms with Gasteiger partial charge in [-0.15, -0.1) is 0 Å². The highest BCUT2D eigenvalue weighted by Gasteiger charge is 2.56. The van der Waals surface area contributed by atoms with Crippen LogP contribution in [0.2, 0.25) is 0 Å². The Balaban J connectivity index is 2.56. The number of rotatable bonds is 2. The third-order valence-corrected chi connectivity index (χ3v) is 3.66. The molecule has 0 radical (unpaired) electrons. The average Bonchev–Trinajstić information content (AvgIpc) is 2.73. The Morgan fingerprint density at radius 1 is 1.64 bits per heavy atom. The van der Waals surface area contributed by atoms with Gasteiger partial charge in [-0.1, -0.05) is 23.4 Å². The summed E-state index contributed by atoms with van der Waals surface area (Å²) in [6, 6.07) is 0. The summed E-state index contributed by atoms with van der Waals surface area (Å²) in [4.78, 5) is 13.1. The van der Waals surface area contributed by atoms with Crippen LogP contribution in [0.3, 0.4) is 0 Å². The predicted molar refractivity (Wildman–Crippen MR) is 72.2 cm³/mol. The second kappa shape index (κ2) is 6.18. The minimum Gasteiger partial charge on any atom is -0.394 e. The van der Waals surface area contributed by atoms with Gasteiger partial charge in [0.15, 0.2) is 22.7 Å². The fourth-order valence-corrected chi connectivity index (χ4v) is 2.46. The van der Waals surface area contributed by atoms with Crippen molar-refractivity contribution in [2.45, 2.75) is 23.3 Å². The van der Waals surface area contributed by atoms with Gasteiger partial charge < -0.3 is 20.7 Å². The van der Waals surface area contributed by atoms with E-state index in [-0.39, 0.29) is 0 Å². The Morgan fingerprint density at radius 2 is 2.32 bits per heavy atom. The highest BCUT2D eigenvalue weighted by Crippen LogP contribution is 2.42. The van der Waals surface area contributed by atoms with E-state index in [4.69, 9.17) is 27.2 Å². The molecule has 10 heteroatoms. The first kappa shape index (κ1) is 16.6. The Kier molecular flexibility index (Phi) is 4.67. The van der Waals surface area contributed by atoms with Gasteiger partial charge in [-0.25, -0.2) is 13.6 Å². The van der Waals surface area contributed by atoms with Crippen molar-refractivity contribution in [1.82, 2.24) is 9.55 Å². The van der Waals surface area contributed by atoms with E-state index in [1.54, 1.807) is 0 Å². The van der Waals surface area contributed by atoms with Crippen LogP contribution >= 0.6 is 11.6 Å². The molecular formula is C12H12ClF2N3O4. The molecule has 0 saturated carbocycles. The van der Waals surface area contributed by atoms with Crippen LogP contribution < -0.4 is 11.4 Å². The molecule has 0 aromatic carbocycles. The van der Waals surface area contributed by atoms with Gasteiger partial charge in [-0.3, -0.25) is 4.57 Å². The average molecular weight is 336 g/mol. The summed E-state index contributed by atoms with van der Waals surface area (Å²) in [5.74, 6) is 2.64. The number of nitrogens with two attached hydrogens (primary N) is 1. The predicted octanol–water partition coefficient (Wildman–Crippen LogP) is -0.834. The lowest BCUT2D eigenvalue weighted by molar-refractivity contribution is -0.0467. The van der Waals surface area contributed by atoms with Crippen LogP contribution in [-0.4, -0.2) is 50.1 Å². The van der Waals surface area contributed by atoms with Gasteiger partial charge in [0.25, 0.3) is 0 Å². The number of aliphatic hydroxyl groups excluding tert-OH is 2. The number of aliphatic hydroxyl groups is 2. The second-order valence-corrected chi connectivity index (χ2v) is 5.15. The monoisotopic (exact) mass is 335 g/mol. The van der Waals surface area contributed by atoms with Crippen LogP contribution in [0, 0.1) is 17.7 Å². The Hall–Kier alpha value is -1.73. The van der Waals surface area contributed by atoms with Gasteiger partial charge in [0.1, 0.15) is 18.9 Å². The van der Waals surface area contributed by atoms with Gasteiger partial charge in [0.2, 0.25) is 0 Å². The number of hydrogen-bond acceptors (Lipinski definition) is 6. The third-order valence-electron chi connectivity index (χ3n) is 3.16. The molecule has 4 atom stereocenters. The zero-order valence-corrected chi connectivity index (χ0v) is 11.8. The van der Waals surface area contributed by atoms with Gasteiger partial charge in [0, 0.05) is 0 Å². The molecule has 1 fully saturated rings. The van der Waals surface area contributed by atoms with Crippen molar-refractivity contribution in [2.24, 2.45) is 0 Å². The van der Waals surface area contributed by atoms with Crippen LogP contribution in [0.25, 0.3) is 0 Å². The number of nitrogen functional groups attached to an aromatic ring is 1. The minimum atomic E-state index is -1.96. The van der Waals surface area contributed by atoms with Crippen molar-refractivity contribution in [3.8, 4) is 11.8 Å². The molecule has 4 N–H and O–H groups in total. The lowest BCUT2D eigenvalue weighted by Crippen LogP contribution is -2.43. The second-order valence-electron chi connectivity index (χ2n) is 4.52. The van der Waals surface area contributed by atoms with Crippen LogP contribution in [0.15, 0.2) is 11.0 Å². The smallest absolute Gasteiger partial charge is 0.351 e. The normalized spacial score (nSPS) is 30.9. The highest BCUT2D eigenvalue weighted by atomic mass is 35.5. The van der Waals surface area contributed by atoms with E-state index in [1.807, 2.05) is 5.92 Å². The Morgan fingerprint density at radius 3 is 2.91 bits per heavy atom. The van der Waals surface area contributed by atoms with Crippen molar-refractivity contribution in [1.29, 1.82) is 0 Å². The SMILES string of the molecule is Nc1nc(=O)n([C@@H]2O[C@H](CO)C(O)[C@]2(Cl)C#CCF)cc1F. The molecule has 1 aliphatic rings. The largest absolute Gasteiger partial charge is 0.394 e. The number of aromatic nitrogens is 2. The first-order valence-electron chi connectivity index (χ1n) is 6.08. The number of hydrogen-bond donors (Lipinski definition) is 3. The Bertz CT molecular complexity index is 689. The first-order chi connectivity index (χ1) is 10.3. The molecule has 0 amide bonds. The molecule has 120 valence electrons. The van der Waals surface area contributed by atoms with E-state index in [9.17, 15) is 18.7 Å². The topological polar surface area (TPSA) is 111 Å². The van der Waals surface area contributed by atoms with Crippen molar-refractivity contribution in [3.05, 3.63) is 22.5 Å². The zero-order valence-electron chi connectivity index (χ0n) is 11.0. The molecule has 0 aliphatic carbocycles. The van der Waals surface area contributed by atoms with Crippen molar-refractivity contribution >= 4 is 17.4 Å². The van der Waals surface area contributed by atoms with Crippen LogP contribution in [0.5, 0.6) is 0 Å². The Labute approximate surface area is 128 Å². The number of anilines is 1. The first-order valence-corrected chi connectivity index (χ1v) is 6.46. The molecule has 1 unspecified atom stereocenters. The molecule has 2 heterocycles. The number of nitrogens with zero attached hydrogens (tertiary/aromatic N) is 2. The number of alkyl halides is 2. The standard InChI is InChI=1S/C12H12ClF2N3O4/c13-12(2-1-3-14)8(20)7(5-19)22-10(12)18-4-6(15)9(16)17-11(18)21/h4,7-8,10,19-20H,3,5H2,(H2,16,17,21)/t7-,8?,10-,12-/m1/s1. The molecule has 0 spiro atoms. The lowest BCUT2D eigenvalue weighted by Gasteiger charge is -2.25. The van der Waals surface area contributed by atoms with Crippen LogP contribution in [-0.2, 0) is 4.74 Å². The van der Waals surface area contributed by atoms with E-state index in [2.05, 4.69) is 10.9 Å². The summed E-state index contributed by atoms with van der Waals surface area (Å²) in [5, 5.41) is 19.2. The number of ether oxygens (including phenoxy) is 1. The maximum Gasteiger partial charge on any atom is 0.351 e. The molecule has 2 rings (SSSR count). The zero-order chi connectivity index (χ0) is 16.5. The van der Waals surface area contributed by atoms with Gasteiger partial charge >= 0.3 is 5.69 Å². The summed E-state index contributed by atoms with van der Waals surface area (Å²) in [6.45, 7) is -1.69. The summed E-state index contributed by atoms with van der Waals surface area (Å²) in [5.41, 5.74) is 4.18. The summed E-state index contributed by atoms with van der Waals surface area (Å²) in [6.07, 6.45) is -3.54. The summed E-state index contributed by atoms with van der Waals surface area (Å²) in [7, 11) is 0. The number of halogens is 3. The maximum atomic E-state index is 13.5. The van der Waals surface area contributed by atoms with Gasteiger partial charge in [-0.2, -0.15) is 4.98 Å². The molecular weight excluding hydrogens is 324 g/mol. The van der Waals surface area contributed by atoms with E-state index in [1.165, 1.54) is 0 Å². The van der Waals surface area contributed by atoms with E-state index < -0.39 is 53.9 Å². The fourth-order valence-electron chi connectivity index (χ4n) is 2.10. The molecule has 1 aromatic rings. The summed E-state index contributed by atoms with van der Waals surface area (Å²) < 4.78 is 31.7. The quantitative estimate of drug-likeness (QED) is 0.480. The molecule has 0 bridgehead atoms. The molecule has 1 aliphatic heterocycles. The van der Waals surface area contributed by atoms with Crippen molar-refractivity contribution < 1.29 is 23.7 Å². The van der Waals surface area contributed by atoms with E-state index in [0.29, 0.717) is 10.8 Å². The third kappa shape index (κ3) is 2.66. The van der Waals surface area contributed by atoms with E-state index >= 15 is 0 Å². The van der Waals surface area contributed by atoms with Crippen molar-refractivity contribution in [2.75, 3.05) is 19.0 Å².